The number of ketones is 1. The van der Waals surface area contributed by atoms with Crippen LogP contribution >= 0.6 is 0 Å². The molecule has 39 heavy (non-hydrogen) atoms. The Hall–Kier alpha value is -3.97. The van der Waals surface area contributed by atoms with Crippen molar-refractivity contribution in [3.8, 4) is 0 Å². The first-order valence-electron chi connectivity index (χ1n) is 12.2. The maximum absolute atomic E-state index is 13.0. The van der Waals surface area contributed by atoms with E-state index in [2.05, 4.69) is 16.0 Å². The number of benzene rings is 1. The molecule has 4 amide bonds. The molecule has 1 aromatic rings. The van der Waals surface area contributed by atoms with Crippen LogP contribution in [-0.4, -0.2) is 82.3 Å². The van der Waals surface area contributed by atoms with Gasteiger partial charge in [-0.1, -0.05) is 13.8 Å². The van der Waals surface area contributed by atoms with Gasteiger partial charge >= 0.3 is 12.1 Å². The molecule has 1 aromatic carbocycles. The van der Waals surface area contributed by atoms with Crippen molar-refractivity contribution in [1.82, 2.24) is 20.9 Å². The van der Waals surface area contributed by atoms with Crippen LogP contribution in [0.5, 0.6) is 0 Å². The molecular formula is C25H31F3N4O7. The van der Waals surface area contributed by atoms with E-state index >= 15 is 0 Å². The third kappa shape index (κ3) is 8.01. The average molecular weight is 557 g/mol. The minimum absolute atomic E-state index is 0.0960. The summed E-state index contributed by atoms with van der Waals surface area (Å²) in [5.74, 6) is -6.99. The number of Topliss-reactive ketones (excluding diaryl/α,β-unsaturated/α-hetero) is 1. The van der Waals surface area contributed by atoms with Crippen molar-refractivity contribution in [2.45, 2.75) is 70.9 Å². The zero-order chi connectivity index (χ0) is 29.7. The van der Waals surface area contributed by atoms with Gasteiger partial charge in [0.05, 0.1) is 6.04 Å². The van der Waals surface area contributed by atoms with E-state index in [-0.39, 0.29) is 24.1 Å². The number of likely N-dealkylation sites (tertiary alicyclic amines) is 1. The number of nitrogens with zero attached hydrogens (tertiary/aromatic N) is 1. The maximum Gasteiger partial charge on any atom is 0.452 e. The molecule has 0 radical (unpaired) electrons. The van der Waals surface area contributed by atoms with E-state index in [9.17, 15) is 41.9 Å². The minimum atomic E-state index is -5.13. The van der Waals surface area contributed by atoms with E-state index in [1.807, 2.05) is 0 Å². The summed E-state index contributed by atoms with van der Waals surface area (Å²) in [5, 5.41) is 15.8. The third-order valence-corrected chi connectivity index (χ3v) is 6.21. The predicted octanol–water partition coefficient (Wildman–Crippen LogP) is 1.27. The number of halogens is 3. The van der Waals surface area contributed by atoms with Crippen LogP contribution in [0, 0.1) is 5.92 Å². The predicted molar refractivity (Wildman–Crippen MR) is 130 cm³/mol. The molecule has 1 heterocycles. The highest BCUT2D eigenvalue weighted by atomic mass is 19.4. The molecular weight excluding hydrogens is 525 g/mol. The van der Waals surface area contributed by atoms with E-state index < -0.39 is 71.6 Å². The van der Waals surface area contributed by atoms with Crippen LogP contribution in [0.4, 0.5) is 13.2 Å². The molecule has 14 heteroatoms. The normalized spacial score (nSPS) is 17.6. The van der Waals surface area contributed by atoms with Crippen LogP contribution in [0.15, 0.2) is 24.3 Å². The molecule has 0 aromatic heterocycles. The van der Waals surface area contributed by atoms with Gasteiger partial charge in [-0.05, 0) is 56.9 Å². The molecule has 0 spiro atoms. The number of carboxylic acids is 1. The highest BCUT2D eigenvalue weighted by Crippen LogP contribution is 2.23. The third-order valence-electron chi connectivity index (χ3n) is 6.21. The molecule has 4 atom stereocenters. The van der Waals surface area contributed by atoms with E-state index in [1.54, 1.807) is 0 Å². The Morgan fingerprint density at radius 3 is 1.79 bits per heavy atom. The van der Waals surface area contributed by atoms with Crippen LogP contribution in [-0.2, 0) is 19.2 Å². The lowest BCUT2D eigenvalue weighted by Crippen LogP contribution is -2.56. The molecule has 4 N–H and O–H groups in total. The first-order chi connectivity index (χ1) is 18.0. The number of hydrogen-bond donors (Lipinski definition) is 4. The summed E-state index contributed by atoms with van der Waals surface area (Å²) in [5.41, 5.74) is 0.206. The van der Waals surface area contributed by atoms with E-state index in [4.69, 9.17) is 5.11 Å². The second-order valence-electron chi connectivity index (χ2n) is 9.59. The van der Waals surface area contributed by atoms with Crippen molar-refractivity contribution in [2.24, 2.45) is 5.92 Å². The van der Waals surface area contributed by atoms with Crippen molar-refractivity contribution in [1.29, 1.82) is 0 Å². The molecule has 0 bridgehead atoms. The summed E-state index contributed by atoms with van der Waals surface area (Å²) in [6.07, 6.45) is -4.56. The first kappa shape index (κ1) is 31.2. The zero-order valence-electron chi connectivity index (χ0n) is 21.8. The monoisotopic (exact) mass is 556 g/mol. The smallest absolute Gasteiger partial charge is 0.452 e. The molecule has 1 fully saturated rings. The van der Waals surface area contributed by atoms with Crippen LogP contribution in [0.3, 0.4) is 0 Å². The number of amides is 4. The molecule has 1 saturated heterocycles. The molecule has 0 aliphatic carbocycles. The molecule has 1 aliphatic heterocycles. The molecule has 11 nitrogen and oxygen atoms in total. The fourth-order valence-corrected chi connectivity index (χ4v) is 3.97. The van der Waals surface area contributed by atoms with Gasteiger partial charge < -0.3 is 26.0 Å². The Morgan fingerprint density at radius 2 is 1.36 bits per heavy atom. The average Bonchev–Trinajstić information content (AvgIpc) is 3.35. The van der Waals surface area contributed by atoms with E-state index in [1.165, 1.54) is 52.0 Å². The number of hydrogen-bond acceptors (Lipinski definition) is 6. The van der Waals surface area contributed by atoms with Crippen molar-refractivity contribution < 1.29 is 47.0 Å². The first-order valence-corrected chi connectivity index (χ1v) is 12.2. The van der Waals surface area contributed by atoms with Gasteiger partial charge in [0.15, 0.2) is 0 Å². The second-order valence-corrected chi connectivity index (χ2v) is 9.59. The lowest BCUT2D eigenvalue weighted by Gasteiger charge is -2.29. The van der Waals surface area contributed by atoms with Crippen molar-refractivity contribution in [3.05, 3.63) is 35.4 Å². The van der Waals surface area contributed by atoms with Gasteiger partial charge in [0.2, 0.25) is 11.8 Å². The zero-order valence-corrected chi connectivity index (χ0v) is 21.8. The number of carbonyl (C=O) groups is 6. The highest BCUT2D eigenvalue weighted by molar-refractivity contribution is 6.01. The number of carboxylic acid groups (broad SMARTS) is 1. The van der Waals surface area contributed by atoms with Gasteiger partial charge in [-0.3, -0.25) is 28.8 Å². The lowest BCUT2D eigenvalue weighted by molar-refractivity contribution is -0.175. The summed E-state index contributed by atoms with van der Waals surface area (Å²) in [6.45, 7) is 5.53. The van der Waals surface area contributed by atoms with Gasteiger partial charge in [-0.15, -0.1) is 0 Å². The van der Waals surface area contributed by atoms with Gasteiger partial charge in [0, 0.05) is 17.7 Å². The molecule has 214 valence electrons. The molecule has 0 saturated carbocycles. The standard InChI is InChI=1S/C25H31F3N4O7/c1-12(2)18(19(33)25(26,27)28)31-22(36)17-6-5-11-32(17)23(37)13(3)29-20(34)15-7-9-16(10-8-15)21(35)30-14(4)24(38)39/h7-10,12-14,17-18H,5-6,11H2,1-4H3,(H,29,34)(H,30,35)(H,31,36)(H,38,39)/t13?,14?,17-,18?/m0/s1. The minimum Gasteiger partial charge on any atom is -0.480 e. The van der Waals surface area contributed by atoms with Gasteiger partial charge in [-0.25, -0.2) is 0 Å². The Kier molecular flexibility index (Phi) is 10.2. The van der Waals surface area contributed by atoms with Crippen LogP contribution in [0.2, 0.25) is 0 Å². The highest BCUT2D eigenvalue weighted by Gasteiger charge is 2.46. The van der Waals surface area contributed by atoms with Crippen LogP contribution < -0.4 is 16.0 Å². The van der Waals surface area contributed by atoms with Crippen molar-refractivity contribution in [2.75, 3.05) is 6.54 Å². The Bertz CT molecular complexity index is 1120. The lowest BCUT2D eigenvalue weighted by atomic mass is 9.98. The van der Waals surface area contributed by atoms with Gasteiger partial charge in [0.25, 0.3) is 17.6 Å². The summed E-state index contributed by atoms with van der Waals surface area (Å²) in [4.78, 5) is 74.3. The van der Waals surface area contributed by atoms with Crippen molar-refractivity contribution in [3.63, 3.8) is 0 Å². The fourth-order valence-electron chi connectivity index (χ4n) is 3.97. The fraction of sp³-hybridized carbons (Fsp3) is 0.520. The number of rotatable bonds is 10. The van der Waals surface area contributed by atoms with Gasteiger partial charge in [0.1, 0.15) is 18.1 Å². The van der Waals surface area contributed by atoms with Crippen LogP contribution in [0.25, 0.3) is 0 Å². The molecule has 2 rings (SSSR count). The van der Waals surface area contributed by atoms with Gasteiger partial charge in [-0.2, -0.15) is 13.2 Å². The summed E-state index contributed by atoms with van der Waals surface area (Å²) in [6, 6.07) is 0.0904. The topological polar surface area (TPSA) is 162 Å². The summed E-state index contributed by atoms with van der Waals surface area (Å²) < 4.78 is 38.9. The van der Waals surface area contributed by atoms with E-state index in [0.717, 1.165) is 4.90 Å². The Labute approximate surface area is 222 Å². The summed E-state index contributed by atoms with van der Waals surface area (Å²) in [7, 11) is 0. The molecule has 3 unspecified atom stereocenters. The number of nitrogens with one attached hydrogen (secondary N) is 3. The quantitative estimate of drug-likeness (QED) is 0.337. The second kappa shape index (κ2) is 12.7. The van der Waals surface area contributed by atoms with Crippen LogP contribution in [0.1, 0.15) is 61.3 Å². The maximum atomic E-state index is 13.0. The number of alkyl halides is 3. The Balaban J connectivity index is 2.04. The summed E-state index contributed by atoms with van der Waals surface area (Å²) >= 11 is 0. The van der Waals surface area contributed by atoms with Crippen molar-refractivity contribution >= 4 is 35.4 Å². The largest absolute Gasteiger partial charge is 0.480 e. The molecule has 1 aliphatic rings. The SMILES string of the molecule is CC(NC(=O)c1ccc(C(=O)NC(C)C(=O)N2CCC[C@H]2C(=O)NC(C(=O)C(F)(F)F)C(C)C)cc1)C(=O)O. The Morgan fingerprint density at radius 1 is 0.872 bits per heavy atom. The number of aliphatic carboxylic acids is 1. The number of carbonyl (C=O) groups excluding carboxylic acids is 5. The van der Waals surface area contributed by atoms with E-state index in [0.29, 0.717) is 6.42 Å².